The molecule has 2 aromatic carbocycles. The van der Waals surface area contributed by atoms with Crippen LogP contribution in [0, 0.1) is 0 Å². The van der Waals surface area contributed by atoms with Crippen molar-refractivity contribution in [3.05, 3.63) is 48.0 Å². The Morgan fingerprint density at radius 3 is 2.29 bits per heavy atom. The second-order valence-electron chi connectivity index (χ2n) is 5.80. The fourth-order valence-electron chi connectivity index (χ4n) is 2.36. The van der Waals surface area contributed by atoms with Gasteiger partial charge in [0.2, 0.25) is 0 Å². The lowest BCUT2D eigenvalue weighted by Crippen LogP contribution is -2.00. The molecule has 0 amide bonds. The molecule has 3 nitrogen and oxygen atoms in total. The molecular weight excluding hydrogens is 300 g/mol. The Kier molecular flexibility index (Phi) is 7.34. The maximum absolute atomic E-state index is 11.2. The van der Waals surface area contributed by atoms with E-state index in [-0.39, 0.29) is 0 Å². The first-order valence-corrected chi connectivity index (χ1v) is 8.73. The standard InChI is InChI=1S/C21H26O3/c1-3-5-12-23-20-9-7-8-17(14-20)18-10-11-19(16-22)21(15-18)24-13-6-4-2/h7-11,14-16H,3-6,12-13H2,1-2H3. The number of aldehydes is 1. The van der Waals surface area contributed by atoms with E-state index in [0.29, 0.717) is 17.9 Å². The molecule has 2 aromatic rings. The summed E-state index contributed by atoms with van der Waals surface area (Å²) in [5.74, 6) is 1.52. The largest absolute Gasteiger partial charge is 0.494 e. The minimum absolute atomic E-state index is 0.588. The average molecular weight is 326 g/mol. The Hall–Kier alpha value is -2.29. The molecule has 24 heavy (non-hydrogen) atoms. The average Bonchev–Trinajstić information content (AvgIpc) is 2.62. The van der Waals surface area contributed by atoms with E-state index < -0.39 is 0 Å². The van der Waals surface area contributed by atoms with Gasteiger partial charge in [0.1, 0.15) is 11.5 Å². The molecule has 128 valence electrons. The van der Waals surface area contributed by atoms with Crippen LogP contribution in [0.1, 0.15) is 49.9 Å². The molecule has 0 unspecified atom stereocenters. The first kappa shape index (κ1) is 18.1. The topological polar surface area (TPSA) is 35.5 Å². The third-order valence-corrected chi connectivity index (χ3v) is 3.83. The van der Waals surface area contributed by atoms with Crippen LogP contribution in [-0.2, 0) is 0 Å². The lowest BCUT2D eigenvalue weighted by Gasteiger charge is -2.11. The maximum atomic E-state index is 11.2. The number of benzene rings is 2. The van der Waals surface area contributed by atoms with E-state index in [1.807, 2.05) is 42.5 Å². The Balaban J connectivity index is 2.19. The van der Waals surface area contributed by atoms with E-state index in [2.05, 4.69) is 13.8 Å². The van der Waals surface area contributed by atoms with Gasteiger partial charge in [0, 0.05) is 0 Å². The van der Waals surface area contributed by atoms with Crippen LogP contribution in [0.15, 0.2) is 42.5 Å². The summed E-state index contributed by atoms with van der Waals surface area (Å²) in [5, 5.41) is 0. The van der Waals surface area contributed by atoms with E-state index in [9.17, 15) is 4.79 Å². The summed E-state index contributed by atoms with van der Waals surface area (Å²) < 4.78 is 11.6. The number of carbonyl (C=O) groups excluding carboxylic acids is 1. The van der Waals surface area contributed by atoms with Crippen molar-refractivity contribution in [2.75, 3.05) is 13.2 Å². The zero-order valence-corrected chi connectivity index (χ0v) is 14.6. The van der Waals surface area contributed by atoms with Crippen molar-refractivity contribution in [3.63, 3.8) is 0 Å². The minimum atomic E-state index is 0.588. The highest BCUT2D eigenvalue weighted by Crippen LogP contribution is 2.29. The van der Waals surface area contributed by atoms with Crippen molar-refractivity contribution in [3.8, 4) is 22.6 Å². The van der Waals surface area contributed by atoms with Gasteiger partial charge >= 0.3 is 0 Å². The highest BCUT2D eigenvalue weighted by molar-refractivity contribution is 5.82. The van der Waals surface area contributed by atoms with Crippen LogP contribution >= 0.6 is 0 Å². The smallest absolute Gasteiger partial charge is 0.153 e. The molecule has 0 radical (unpaired) electrons. The van der Waals surface area contributed by atoms with Crippen molar-refractivity contribution in [1.82, 2.24) is 0 Å². The zero-order valence-electron chi connectivity index (χ0n) is 14.6. The molecule has 0 spiro atoms. The van der Waals surface area contributed by atoms with Crippen LogP contribution in [0.2, 0.25) is 0 Å². The van der Waals surface area contributed by atoms with E-state index in [0.717, 1.165) is 55.5 Å². The molecule has 0 aliphatic heterocycles. The number of ether oxygens (including phenoxy) is 2. The minimum Gasteiger partial charge on any atom is -0.494 e. The second kappa shape index (κ2) is 9.76. The molecule has 0 aliphatic rings. The monoisotopic (exact) mass is 326 g/mol. The normalized spacial score (nSPS) is 10.4. The molecule has 0 aliphatic carbocycles. The lowest BCUT2D eigenvalue weighted by atomic mass is 10.0. The van der Waals surface area contributed by atoms with Gasteiger partial charge in [0.15, 0.2) is 6.29 Å². The number of carbonyl (C=O) groups is 1. The highest BCUT2D eigenvalue weighted by Gasteiger charge is 2.07. The van der Waals surface area contributed by atoms with E-state index in [1.54, 1.807) is 0 Å². The summed E-state index contributed by atoms with van der Waals surface area (Å²) in [6.07, 6.45) is 5.05. The van der Waals surface area contributed by atoms with Crippen molar-refractivity contribution in [2.24, 2.45) is 0 Å². The van der Waals surface area contributed by atoms with Crippen molar-refractivity contribution < 1.29 is 14.3 Å². The summed E-state index contributed by atoms with van der Waals surface area (Å²) in [4.78, 5) is 11.2. The van der Waals surface area contributed by atoms with Crippen LogP contribution in [-0.4, -0.2) is 19.5 Å². The van der Waals surface area contributed by atoms with Crippen molar-refractivity contribution >= 4 is 6.29 Å². The van der Waals surface area contributed by atoms with Gasteiger partial charge in [0.05, 0.1) is 18.8 Å². The molecule has 0 bridgehead atoms. The molecule has 2 rings (SSSR count). The summed E-state index contributed by atoms with van der Waals surface area (Å²) in [7, 11) is 0. The SMILES string of the molecule is CCCCOc1cccc(-c2ccc(C=O)c(OCCCC)c2)c1. The fourth-order valence-corrected chi connectivity index (χ4v) is 2.36. The van der Waals surface area contributed by atoms with E-state index >= 15 is 0 Å². The Bertz CT molecular complexity index is 649. The number of unbranched alkanes of at least 4 members (excludes halogenated alkanes) is 2. The molecule has 0 atom stereocenters. The van der Waals surface area contributed by atoms with Crippen LogP contribution in [0.3, 0.4) is 0 Å². The second-order valence-corrected chi connectivity index (χ2v) is 5.80. The third-order valence-electron chi connectivity index (χ3n) is 3.83. The predicted octanol–water partition coefficient (Wildman–Crippen LogP) is 5.52. The third kappa shape index (κ3) is 5.12. The molecule has 0 aromatic heterocycles. The molecule has 0 N–H and O–H groups in total. The van der Waals surface area contributed by atoms with Crippen molar-refractivity contribution in [2.45, 2.75) is 39.5 Å². The van der Waals surface area contributed by atoms with Crippen LogP contribution < -0.4 is 9.47 Å². The van der Waals surface area contributed by atoms with Crippen LogP contribution in [0.25, 0.3) is 11.1 Å². The van der Waals surface area contributed by atoms with Gasteiger partial charge in [-0.25, -0.2) is 0 Å². The Morgan fingerprint density at radius 1 is 0.875 bits per heavy atom. The molecular formula is C21H26O3. The Morgan fingerprint density at radius 2 is 1.58 bits per heavy atom. The van der Waals surface area contributed by atoms with Gasteiger partial charge < -0.3 is 9.47 Å². The van der Waals surface area contributed by atoms with E-state index in [1.165, 1.54) is 0 Å². The predicted molar refractivity (Wildman–Crippen MR) is 98.1 cm³/mol. The molecule has 0 saturated carbocycles. The summed E-state index contributed by atoms with van der Waals surface area (Å²) in [5.41, 5.74) is 2.67. The van der Waals surface area contributed by atoms with Gasteiger partial charge in [-0.3, -0.25) is 4.79 Å². The molecule has 0 heterocycles. The quantitative estimate of drug-likeness (QED) is 0.426. The van der Waals surface area contributed by atoms with Gasteiger partial charge in [0.25, 0.3) is 0 Å². The van der Waals surface area contributed by atoms with Gasteiger partial charge in [-0.05, 0) is 48.2 Å². The van der Waals surface area contributed by atoms with Crippen LogP contribution in [0.5, 0.6) is 11.5 Å². The maximum Gasteiger partial charge on any atom is 0.153 e. The number of hydrogen-bond donors (Lipinski definition) is 0. The zero-order chi connectivity index (χ0) is 17.2. The fraction of sp³-hybridized carbons (Fsp3) is 0.381. The number of rotatable bonds is 10. The van der Waals surface area contributed by atoms with Gasteiger partial charge in [-0.2, -0.15) is 0 Å². The molecule has 0 fully saturated rings. The lowest BCUT2D eigenvalue weighted by molar-refractivity contribution is 0.111. The highest BCUT2D eigenvalue weighted by atomic mass is 16.5. The van der Waals surface area contributed by atoms with Gasteiger partial charge in [-0.15, -0.1) is 0 Å². The first-order valence-electron chi connectivity index (χ1n) is 8.73. The van der Waals surface area contributed by atoms with Crippen LogP contribution in [0.4, 0.5) is 0 Å². The Labute approximate surface area is 144 Å². The summed E-state index contributed by atoms with van der Waals surface area (Å²) >= 11 is 0. The summed E-state index contributed by atoms with van der Waals surface area (Å²) in [6, 6.07) is 13.7. The number of hydrogen-bond acceptors (Lipinski definition) is 3. The molecule has 0 saturated heterocycles. The summed E-state index contributed by atoms with van der Waals surface area (Å²) in [6.45, 7) is 5.62. The van der Waals surface area contributed by atoms with Gasteiger partial charge in [-0.1, -0.05) is 44.9 Å². The van der Waals surface area contributed by atoms with E-state index in [4.69, 9.17) is 9.47 Å². The molecule has 3 heteroatoms. The van der Waals surface area contributed by atoms with Crippen molar-refractivity contribution in [1.29, 1.82) is 0 Å². The first-order chi connectivity index (χ1) is 11.8.